The maximum absolute atomic E-state index is 4.22. The number of aromatic nitrogens is 2. The van der Waals surface area contributed by atoms with Crippen molar-refractivity contribution in [1.29, 1.82) is 0 Å². The first-order valence-corrected chi connectivity index (χ1v) is 6.54. The summed E-state index contributed by atoms with van der Waals surface area (Å²) >= 11 is 2.21. The van der Waals surface area contributed by atoms with Crippen LogP contribution in [0.1, 0.15) is 39.5 Å². The third kappa shape index (κ3) is 5.30. The summed E-state index contributed by atoms with van der Waals surface area (Å²) in [5.74, 6) is 0.736. The molecule has 0 spiro atoms. The number of nitrogens with zero attached hydrogens (tertiary/aromatic N) is 2. The van der Waals surface area contributed by atoms with Crippen molar-refractivity contribution in [2.45, 2.75) is 45.6 Å². The molecule has 1 atom stereocenters. The molecule has 84 valence electrons. The van der Waals surface area contributed by atoms with Gasteiger partial charge in [0.2, 0.25) is 5.95 Å². The number of halogens is 1. The number of hydrogen-bond acceptors (Lipinski definition) is 3. The van der Waals surface area contributed by atoms with Gasteiger partial charge >= 0.3 is 0 Å². The monoisotopic (exact) mass is 319 g/mol. The summed E-state index contributed by atoms with van der Waals surface area (Å²) in [5, 5.41) is 3.30. The van der Waals surface area contributed by atoms with Crippen molar-refractivity contribution in [3.05, 3.63) is 16.0 Å². The van der Waals surface area contributed by atoms with E-state index in [-0.39, 0.29) is 0 Å². The van der Waals surface area contributed by atoms with Gasteiger partial charge < -0.3 is 5.32 Å². The quantitative estimate of drug-likeness (QED) is 0.644. The molecule has 0 aliphatic rings. The van der Waals surface area contributed by atoms with E-state index in [0.29, 0.717) is 6.04 Å². The van der Waals surface area contributed by atoms with E-state index in [1.165, 1.54) is 25.7 Å². The second-order valence-corrected chi connectivity index (χ2v) is 5.01. The molecule has 0 aliphatic carbocycles. The van der Waals surface area contributed by atoms with Gasteiger partial charge in [-0.05, 0) is 35.9 Å². The Morgan fingerprint density at radius 1 is 1.33 bits per heavy atom. The molecule has 0 aromatic carbocycles. The van der Waals surface area contributed by atoms with Crippen LogP contribution < -0.4 is 5.32 Å². The molecule has 1 heterocycles. The fourth-order valence-electron chi connectivity index (χ4n) is 1.38. The number of hydrogen-bond donors (Lipinski definition) is 1. The van der Waals surface area contributed by atoms with Gasteiger partial charge in [0.1, 0.15) is 0 Å². The highest BCUT2D eigenvalue weighted by atomic mass is 127. The Labute approximate surface area is 105 Å². The predicted molar refractivity (Wildman–Crippen MR) is 72.0 cm³/mol. The van der Waals surface area contributed by atoms with Crippen LogP contribution in [0.3, 0.4) is 0 Å². The van der Waals surface area contributed by atoms with Crippen LogP contribution >= 0.6 is 22.6 Å². The van der Waals surface area contributed by atoms with Crippen molar-refractivity contribution in [3.8, 4) is 0 Å². The molecule has 0 aliphatic heterocycles. The lowest BCUT2D eigenvalue weighted by Crippen LogP contribution is -2.16. The first kappa shape index (κ1) is 12.7. The molecule has 0 amide bonds. The van der Waals surface area contributed by atoms with Crippen LogP contribution in [0.2, 0.25) is 0 Å². The van der Waals surface area contributed by atoms with E-state index in [1.807, 2.05) is 12.4 Å². The van der Waals surface area contributed by atoms with E-state index in [4.69, 9.17) is 0 Å². The number of nitrogens with one attached hydrogen (secondary N) is 1. The molecule has 1 aromatic heterocycles. The Balaban J connectivity index is 2.31. The maximum Gasteiger partial charge on any atom is 0.222 e. The minimum atomic E-state index is 0.455. The summed E-state index contributed by atoms with van der Waals surface area (Å²) in [4.78, 5) is 8.43. The highest BCUT2D eigenvalue weighted by molar-refractivity contribution is 14.1. The molecule has 15 heavy (non-hydrogen) atoms. The highest BCUT2D eigenvalue weighted by Crippen LogP contribution is 2.08. The fraction of sp³-hybridized carbons (Fsp3) is 0.636. The number of unbranched alkanes of at least 4 members (excludes halogenated alkanes) is 2. The number of anilines is 1. The zero-order chi connectivity index (χ0) is 11.1. The third-order valence-corrected chi connectivity index (χ3v) is 2.79. The highest BCUT2D eigenvalue weighted by Gasteiger charge is 2.03. The second kappa shape index (κ2) is 6.98. The van der Waals surface area contributed by atoms with Crippen LogP contribution in [0.5, 0.6) is 0 Å². The van der Waals surface area contributed by atoms with Crippen molar-refractivity contribution in [2.75, 3.05) is 5.32 Å². The van der Waals surface area contributed by atoms with Crippen molar-refractivity contribution in [2.24, 2.45) is 0 Å². The van der Waals surface area contributed by atoms with Gasteiger partial charge in [-0.1, -0.05) is 26.2 Å². The lowest BCUT2D eigenvalue weighted by Gasteiger charge is -2.12. The van der Waals surface area contributed by atoms with Crippen LogP contribution in [0.15, 0.2) is 12.4 Å². The lowest BCUT2D eigenvalue weighted by atomic mass is 10.1. The normalized spacial score (nSPS) is 12.5. The van der Waals surface area contributed by atoms with Crippen molar-refractivity contribution in [3.63, 3.8) is 0 Å². The standard InChI is InChI=1S/C11H18IN3/c1-3-4-5-6-9(2)15-11-13-7-10(12)8-14-11/h7-9H,3-6H2,1-2H3,(H,13,14,15). The zero-order valence-corrected chi connectivity index (χ0v) is 11.5. The lowest BCUT2D eigenvalue weighted by molar-refractivity contribution is 0.612. The van der Waals surface area contributed by atoms with Crippen LogP contribution in [0.25, 0.3) is 0 Å². The molecular formula is C11H18IN3. The van der Waals surface area contributed by atoms with E-state index in [9.17, 15) is 0 Å². The Morgan fingerprint density at radius 3 is 2.60 bits per heavy atom. The van der Waals surface area contributed by atoms with Crippen LogP contribution in [-0.4, -0.2) is 16.0 Å². The van der Waals surface area contributed by atoms with E-state index >= 15 is 0 Å². The molecule has 0 bridgehead atoms. The van der Waals surface area contributed by atoms with Gasteiger partial charge in [0.25, 0.3) is 0 Å². The molecule has 4 heteroatoms. The maximum atomic E-state index is 4.22. The summed E-state index contributed by atoms with van der Waals surface area (Å²) in [6.45, 7) is 4.40. The molecular weight excluding hydrogens is 301 g/mol. The topological polar surface area (TPSA) is 37.8 Å². The van der Waals surface area contributed by atoms with Gasteiger partial charge in [-0.25, -0.2) is 9.97 Å². The Kier molecular flexibility index (Phi) is 5.90. The summed E-state index contributed by atoms with van der Waals surface area (Å²) in [5.41, 5.74) is 0. The predicted octanol–water partition coefficient (Wildman–Crippen LogP) is 3.46. The van der Waals surface area contributed by atoms with Gasteiger partial charge in [0.05, 0.1) is 0 Å². The first-order chi connectivity index (χ1) is 7.22. The summed E-state index contributed by atoms with van der Waals surface area (Å²) in [6, 6.07) is 0.455. The molecule has 1 N–H and O–H groups in total. The number of rotatable bonds is 6. The molecule has 0 saturated heterocycles. The first-order valence-electron chi connectivity index (χ1n) is 5.46. The van der Waals surface area contributed by atoms with Crippen LogP contribution in [0.4, 0.5) is 5.95 Å². The molecule has 1 aromatic rings. The Bertz CT molecular complexity index is 274. The molecule has 1 rings (SSSR count). The van der Waals surface area contributed by atoms with Gasteiger partial charge in [-0.3, -0.25) is 0 Å². The van der Waals surface area contributed by atoms with Crippen molar-refractivity contribution < 1.29 is 0 Å². The molecule has 0 radical (unpaired) electrons. The second-order valence-electron chi connectivity index (χ2n) is 3.77. The minimum absolute atomic E-state index is 0.455. The average molecular weight is 319 g/mol. The Morgan fingerprint density at radius 2 is 2.00 bits per heavy atom. The summed E-state index contributed by atoms with van der Waals surface area (Å²) in [7, 11) is 0. The SMILES string of the molecule is CCCCCC(C)Nc1ncc(I)cn1. The van der Waals surface area contributed by atoms with Gasteiger partial charge in [-0.2, -0.15) is 0 Å². The molecule has 1 unspecified atom stereocenters. The van der Waals surface area contributed by atoms with Gasteiger partial charge in [-0.15, -0.1) is 0 Å². The minimum Gasteiger partial charge on any atom is -0.352 e. The summed E-state index contributed by atoms with van der Waals surface area (Å²) < 4.78 is 1.07. The smallest absolute Gasteiger partial charge is 0.222 e. The fourth-order valence-corrected chi connectivity index (χ4v) is 1.66. The van der Waals surface area contributed by atoms with Crippen molar-refractivity contribution in [1.82, 2.24) is 9.97 Å². The van der Waals surface area contributed by atoms with E-state index in [1.54, 1.807) is 0 Å². The Hall–Kier alpha value is -0.390. The largest absolute Gasteiger partial charge is 0.352 e. The molecule has 3 nitrogen and oxygen atoms in total. The average Bonchev–Trinajstić information content (AvgIpc) is 2.22. The van der Waals surface area contributed by atoms with Gasteiger partial charge in [0.15, 0.2) is 0 Å². The molecule has 0 fully saturated rings. The van der Waals surface area contributed by atoms with Crippen LogP contribution in [-0.2, 0) is 0 Å². The van der Waals surface area contributed by atoms with E-state index in [2.05, 4.69) is 51.7 Å². The molecule has 0 saturated carbocycles. The van der Waals surface area contributed by atoms with Crippen molar-refractivity contribution >= 4 is 28.5 Å². The zero-order valence-electron chi connectivity index (χ0n) is 9.33. The van der Waals surface area contributed by atoms with E-state index in [0.717, 1.165) is 9.52 Å². The van der Waals surface area contributed by atoms with Crippen LogP contribution in [0, 0.1) is 3.57 Å². The third-order valence-electron chi connectivity index (χ3n) is 2.24. The van der Waals surface area contributed by atoms with E-state index < -0.39 is 0 Å². The summed E-state index contributed by atoms with van der Waals surface area (Å²) in [6.07, 6.45) is 8.69. The van der Waals surface area contributed by atoms with Gasteiger partial charge in [0, 0.05) is 22.0 Å².